The van der Waals surface area contributed by atoms with E-state index in [1.54, 1.807) is 18.1 Å². The second-order valence-corrected chi connectivity index (χ2v) is 10.5. The van der Waals surface area contributed by atoms with Gasteiger partial charge in [-0.3, -0.25) is 14.5 Å². The van der Waals surface area contributed by atoms with Crippen LogP contribution in [0.3, 0.4) is 0 Å². The minimum Gasteiger partial charge on any atom is -0.497 e. The van der Waals surface area contributed by atoms with Crippen LogP contribution in [0.2, 0.25) is 0 Å². The van der Waals surface area contributed by atoms with E-state index in [4.69, 9.17) is 10.00 Å². The Bertz CT molecular complexity index is 1440. The van der Waals surface area contributed by atoms with E-state index in [1.807, 2.05) is 18.2 Å². The molecule has 1 fully saturated rings. The highest BCUT2D eigenvalue weighted by Gasteiger charge is 2.39. The third-order valence-electron chi connectivity index (χ3n) is 7.76. The molecule has 228 valence electrons. The van der Waals surface area contributed by atoms with Crippen LogP contribution in [0.15, 0.2) is 53.6 Å². The summed E-state index contributed by atoms with van der Waals surface area (Å²) in [6.45, 7) is 5.20. The number of hydrogen-bond acceptors (Lipinski definition) is 6. The maximum absolute atomic E-state index is 13.4. The number of carbonyl (C=O) groups excluding carboxylic acids is 3. The van der Waals surface area contributed by atoms with Crippen LogP contribution in [-0.4, -0.2) is 67.5 Å². The molecule has 1 saturated heterocycles. The third kappa shape index (κ3) is 7.53. The molecular weight excluding hydrogens is 563 g/mol. The number of anilines is 2. The molecule has 4 amide bonds. The zero-order valence-electron chi connectivity index (χ0n) is 24.2. The molecule has 12 heteroatoms. The van der Waals surface area contributed by atoms with Crippen LogP contribution in [0.5, 0.6) is 5.75 Å². The van der Waals surface area contributed by atoms with Gasteiger partial charge in [0.2, 0.25) is 0 Å². The van der Waals surface area contributed by atoms with E-state index < -0.39 is 29.1 Å². The molecule has 0 spiro atoms. The summed E-state index contributed by atoms with van der Waals surface area (Å²) in [6.07, 6.45) is -1.08. The summed E-state index contributed by atoms with van der Waals surface area (Å²) >= 11 is 0. The van der Waals surface area contributed by atoms with E-state index in [-0.39, 0.29) is 17.3 Å². The Morgan fingerprint density at radius 1 is 1.00 bits per heavy atom. The van der Waals surface area contributed by atoms with Gasteiger partial charge in [0.15, 0.2) is 0 Å². The van der Waals surface area contributed by atoms with Gasteiger partial charge in [-0.2, -0.15) is 18.4 Å². The fourth-order valence-electron chi connectivity index (χ4n) is 5.29. The monoisotopic (exact) mass is 597 g/mol. The van der Waals surface area contributed by atoms with Gasteiger partial charge in [0.25, 0.3) is 11.8 Å². The first kappa shape index (κ1) is 31.6. The standard InChI is InChI=1S/C31H34F3N5O4/c1-21-26(29(41)39(28(21)40)24-12-11-22(20-35)27(19-24)31(32,33)34)10-5-3-4-6-13-37-14-16-38(17-15-37)30(42)36-23-8-7-9-25(18-23)43-2/h7-9,11-12,18-19H,3-6,10,13-17H2,1-2H3,(H,36,42). The number of unbranched alkanes of at least 4 members (excludes halogenated alkanes) is 3. The number of ether oxygens (including phenoxy) is 1. The summed E-state index contributed by atoms with van der Waals surface area (Å²) in [7, 11) is 1.58. The molecule has 4 rings (SSSR count). The highest BCUT2D eigenvalue weighted by atomic mass is 19.4. The van der Waals surface area contributed by atoms with Crippen molar-refractivity contribution >= 4 is 29.2 Å². The summed E-state index contributed by atoms with van der Waals surface area (Å²) in [6, 6.07) is 11.4. The first-order valence-electron chi connectivity index (χ1n) is 14.2. The number of nitrogens with one attached hydrogen (secondary N) is 1. The second kappa shape index (κ2) is 13.7. The minimum absolute atomic E-state index is 0.143. The topological polar surface area (TPSA) is 106 Å². The Morgan fingerprint density at radius 3 is 2.40 bits per heavy atom. The number of rotatable bonds is 10. The zero-order valence-corrected chi connectivity index (χ0v) is 24.2. The Labute approximate surface area is 248 Å². The SMILES string of the molecule is COc1cccc(NC(=O)N2CCN(CCCCCCC3=C(C)C(=O)N(c4ccc(C#N)c(C(F)(F)F)c4)C3=O)CC2)c1. The molecule has 0 radical (unpaired) electrons. The van der Waals surface area contributed by atoms with Crippen molar-refractivity contribution < 1.29 is 32.3 Å². The van der Waals surface area contributed by atoms with Crippen LogP contribution < -0.4 is 15.0 Å². The third-order valence-corrected chi connectivity index (χ3v) is 7.76. The quantitative estimate of drug-likeness (QED) is 0.283. The van der Waals surface area contributed by atoms with Crippen LogP contribution in [-0.2, 0) is 15.8 Å². The smallest absolute Gasteiger partial charge is 0.417 e. The van der Waals surface area contributed by atoms with E-state index >= 15 is 0 Å². The molecule has 2 aliphatic heterocycles. The number of nitriles is 1. The van der Waals surface area contributed by atoms with Gasteiger partial charge in [-0.15, -0.1) is 0 Å². The molecule has 1 N–H and O–H groups in total. The minimum atomic E-state index is -4.79. The summed E-state index contributed by atoms with van der Waals surface area (Å²) in [5.41, 5.74) is -0.732. The van der Waals surface area contributed by atoms with Crippen LogP contribution in [0.25, 0.3) is 0 Å². The lowest BCUT2D eigenvalue weighted by Crippen LogP contribution is -2.50. The Kier molecular flexibility index (Phi) is 10.1. The van der Waals surface area contributed by atoms with E-state index in [0.717, 1.165) is 49.9 Å². The number of urea groups is 1. The summed E-state index contributed by atoms with van der Waals surface area (Å²) in [4.78, 5) is 43.3. The lowest BCUT2D eigenvalue weighted by Gasteiger charge is -2.34. The molecule has 0 bridgehead atoms. The number of hydrogen-bond donors (Lipinski definition) is 1. The molecule has 2 heterocycles. The molecule has 43 heavy (non-hydrogen) atoms. The fraction of sp³-hybridized carbons (Fsp3) is 0.419. The molecular formula is C31H34F3N5O4. The predicted octanol–water partition coefficient (Wildman–Crippen LogP) is 5.58. The molecule has 2 aromatic carbocycles. The maximum atomic E-state index is 13.4. The van der Waals surface area contributed by atoms with Gasteiger partial charge in [0.05, 0.1) is 30.0 Å². The lowest BCUT2D eigenvalue weighted by atomic mass is 10.0. The van der Waals surface area contributed by atoms with Crippen molar-refractivity contribution in [2.75, 3.05) is 50.1 Å². The highest BCUT2D eigenvalue weighted by molar-refractivity contribution is 6.32. The van der Waals surface area contributed by atoms with Gasteiger partial charge in [-0.1, -0.05) is 18.9 Å². The van der Waals surface area contributed by atoms with Crippen molar-refractivity contribution in [3.63, 3.8) is 0 Å². The zero-order chi connectivity index (χ0) is 31.1. The number of imide groups is 1. The van der Waals surface area contributed by atoms with Gasteiger partial charge >= 0.3 is 12.2 Å². The highest BCUT2D eigenvalue weighted by Crippen LogP contribution is 2.37. The second-order valence-electron chi connectivity index (χ2n) is 10.5. The largest absolute Gasteiger partial charge is 0.497 e. The molecule has 0 aliphatic carbocycles. The van der Waals surface area contributed by atoms with Crippen molar-refractivity contribution in [2.45, 2.75) is 45.2 Å². The van der Waals surface area contributed by atoms with Gasteiger partial charge < -0.3 is 15.0 Å². The van der Waals surface area contributed by atoms with Crippen LogP contribution in [0.4, 0.5) is 29.3 Å². The Hall–Kier alpha value is -4.37. The van der Waals surface area contributed by atoms with Gasteiger partial charge in [-0.25, -0.2) is 9.69 Å². The average Bonchev–Trinajstić information content (AvgIpc) is 3.21. The van der Waals surface area contributed by atoms with Gasteiger partial charge in [0, 0.05) is 49.1 Å². The van der Waals surface area contributed by atoms with Crippen LogP contribution >= 0.6 is 0 Å². The molecule has 0 atom stereocenters. The lowest BCUT2D eigenvalue weighted by molar-refractivity contribution is -0.138. The fourth-order valence-corrected chi connectivity index (χ4v) is 5.29. The number of piperazine rings is 1. The molecule has 0 aromatic heterocycles. The first-order valence-corrected chi connectivity index (χ1v) is 14.2. The molecule has 2 aromatic rings. The van der Waals surface area contributed by atoms with Crippen molar-refractivity contribution in [3.8, 4) is 11.8 Å². The van der Waals surface area contributed by atoms with E-state index in [2.05, 4.69) is 10.2 Å². The number of nitrogens with zero attached hydrogens (tertiary/aromatic N) is 4. The van der Waals surface area contributed by atoms with Crippen LogP contribution in [0, 0.1) is 11.3 Å². The van der Waals surface area contributed by atoms with Crippen LogP contribution in [0.1, 0.15) is 50.2 Å². The van der Waals surface area contributed by atoms with Gasteiger partial charge in [0.1, 0.15) is 5.75 Å². The molecule has 0 unspecified atom stereocenters. The Balaban J connectivity index is 1.18. The molecule has 9 nitrogen and oxygen atoms in total. The first-order chi connectivity index (χ1) is 20.5. The molecule has 2 aliphatic rings. The Morgan fingerprint density at radius 2 is 1.72 bits per heavy atom. The van der Waals surface area contributed by atoms with E-state index in [9.17, 15) is 27.6 Å². The normalized spacial score (nSPS) is 16.1. The van der Waals surface area contributed by atoms with Crippen molar-refractivity contribution in [1.82, 2.24) is 9.80 Å². The number of carbonyl (C=O) groups is 3. The average molecular weight is 598 g/mol. The summed E-state index contributed by atoms with van der Waals surface area (Å²) in [5, 5.41) is 11.9. The van der Waals surface area contributed by atoms with E-state index in [0.29, 0.717) is 49.0 Å². The number of amides is 4. The maximum Gasteiger partial charge on any atom is 0.417 e. The number of benzene rings is 2. The predicted molar refractivity (Wildman–Crippen MR) is 154 cm³/mol. The molecule has 0 saturated carbocycles. The van der Waals surface area contributed by atoms with Crippen molar-refractivity contribution in [1.29, 1.82) is 5.26 Å². The number of halogens is 3. The summed E-state index contributed by atoms with van der Waals surface area (Å²) < 4.78 is 45.4. The van der Waals surface area contributed by atoms with Gasteiger partial charge in [-0.05, 0) is 63.1 Å². The number of alkyl halides is 3. The van der Waals surface area contributed by atoms with Crippen molar-refractivity contribution in [3.05, 3.63) is 64.7 Å². The summed E-state index contributed by atoms with van der Waals surface area (Å²) in [5.74, 6) is -0.589. The van der Waals surface area contributed by atoms with E-state index in [1.165, 1.54) is 19.1 Å². The number of methoxy groups -OCH3 is 1. The van der Waals surface area contributed by atoms with Crippen molar-refractivity contribution in [2.24, 2.45) is 0 Å².